The molecule has 0 fully saturated rings. The first-order chi connectivity index (χ1) is 8.69. The Balaban J connectivity index is 2.05. The Morgan fingerprint density at radius 1 is 1.33 bits per heavy atom. The molecule has 3 nitrogen and oxygen atoms in total. The van der Waals surface area contributed by atoms with Crippen molar-refractivity contribution in [3.8, 4) is 0 Å². The predicted molar refractivity (Wildman–Crippen MR) is 74.5 cm³/mol. The van der Waals surface area contributed by atoms with Crippen LogP contribution >= 0.6 is 0 Å². The van der Waals surface area contributed by atoms with E-state index in [1.807, 2.05) is 10.9 Å². The second kappa shape index (κ2) is 5.83. The molecule has 18 heavy (non-hydrogen) atoms. The molecule has 1 atom stereocenters. The Bertz CT molecular complexity index is 502. The second-order valence-electron chi connectivity index (χ2n) is 4.85. The van der Waals surface area contributed by atoms with E-state index in [1.54, 1.807) is 0 Å². The van der Waals surface area contributed by atoms with Crippen LogP contribution < -0.4 is 5.73 Å². The number of benzene rings is 1. The van der Waals surface area contributed by atoms with Crippen molar-refractivity contribution in [3.63, 3.8) is 0 Å². The van der Waals surface area contributed by atoms with Gasteiger partial charge in [-0.1, -0.05) is 31.2 Å². The third-order valence-corrected chi connectivity index (χ3v) is 3.30. The molecule has 1 unspecified atom stereocenters. The summed E-state index contributed by atoms with van der Waals surface area (Å²) in [7, 11) is 0. The molecule has 1 heterocycles. The molecule has 0 saturated heterocycles. The molecule has 0 radical (unpaired) electrons. The summed E-state index contributed by atoms with van der Waals surface area (Å²) in [6.07, 6.45) is 5.93. The van der Waals surface area contributed by atoms with E-state index >= 15 is 0 Å². The van der Waals surface area contributed by atoms with Crippen LogP contribution in [-0.2, 0) is 13.0 Å². The highest BCUT2D eigenvalue weighted by atomic mass is 15.3. The summed E-state index contributed by atoms with van der Waals surface area (Å²) in [5.74, 6) is 0. The van der Waals surface area contributed by atoms with Crippen molar-refractivity contribution >= 4 is 0 Å². The quantitative estimate of drug-likeness (QED) is 0.877. The van der Waals surface area contributed by atoms with E-state index in [1.165, 1.54) is 16.7 Å². The normalized spacial score (nSPS) is 12.6. The zero-order valence-electron chi connectivity index (χ0n) is 11.1. The topological polar surface area (TPSA) is 43.8 Å². The number of nitrogens with zero attached hydrogens (tertiary/aromatic N) is 2. The minimum Gasteiger partial charge on any atom is -0.327 e. The van der Waals surface area contributed by atoms with Crippen molar-refractivity contribution < 1.29 is 0 Å². The zero-order valence-corrected chi connectivity index (χ0v) is 11.1. The number of hydrogen-bond donors (Lipinski definition) is 1. The van der Waals surface area contributed by atoms with E-state index in [2.05, 4.69) is 49.4 Å². The third-order valence-electron chi connectivity index (χ3n) is 3.30. The van der Waals surface area contributed by atoms with Crippen molar-refractivity contribution in [1.82, 2.24) is 9.78 Å². The summed E-state index contributed by atoms with van der Waals surface area (Å²) in [5.41, 5.74) is 9.79. The summed E-state index contributed by atoms with van der Waals surface area (Å²) in [5, 5.41) is 4.40. The smallest absolute Gasteiger partial charge is 0.0662 e. The molecule has 0 saturated carbocycles. The SMILES string of the molecule is CCC(N)Cc1cnn(Cc2ccccc2C)c1. The van der Waals surface area contributed by atoms with Gasteiger partial charge in [0.05, 0.1) is 12.7 Å². The molecule has 0 bridgehead atoms. The van der Waals surface area contributed by atoms with Crippen LogP contribution in [0.1, 0.15) is 30.0 Å². The molecule has 1 aromatic carbocycles. The second-order valence-corrected chi connectivity index (χ2v) is 4.85. The van der Waals surface area contributed by atoms with Crippen LogP contribution in [0, 0.1) is 6.92 Å². The van der Waals surface area contributed by atoms with Crippen LogP contribution in [0.15, 0.2) is 36.7 Å². The Hall–Kier alpha value is -1.61. The van der Waals surface area contributed by atoms with Crippen molar-refractivity contribution in [2.75, 3.05) is 0 Å². The molecule has 2 N–H and O–H groups in total. The van der Waals surface area contributed by atoms with Gasteiger partial charge in [-0.25, -0.2) is 0 Å². The molecule has 0 aliphatic heterocycles. The Morgan fingerprint density at radius 2 is 2.11 bits per heavy atom. The summed E-state index contributed by atoms with van der Waals surface area (Å²) < 4.78 is 1.99. The summed E-state index contributed by atoms with van der Waals surface area (Å²) >= 11 is 0. The van der Waals surface area contributed by atoms with Gasteiger partial charge in [0.15, 0.2) is 0 Å². The van der Waals surface area contributed by atoms with E-state index in [0.29, 0.717) is 0 Å². The lowest BCUT2D eigenvalue weighted by molar-refractivity contribution is 0.644. The Morgan fingerprint density at radius 3 is 2.83 bits per heavy atom. The molecule has 1 aromatic heterocycles. The molecule has 2 aromatic rings. The molecule has 0 amide bonds. The van der Waals surface area contributed by atoms with Crippen LogP contribution in [0.5, 0.6) is 0 Å². The highest BCUT2D eigenvalue weighted by Gasteiger charge is 2.05. The number of nitrogens with two attached hydrogens (primary N) is 1. The van der Waals surface area contributed by atoms with E-state index in [9.17, 15) is 0 Å². The van der Waals surface area contributed by atoms with E-state index in [-0.39, 0.29) is 6.04 Å². The highest BCUT2D eigenvalue weighted by Crippen LogP contribution is 2.10. The van der Waals surface area contributed by atoms with Gasteiger partial charge in [-0.15, -0.1) is 0 Å². The van der Waals surface area contributed by atoms with Gasteiger partial charge in [0.25, 0.3) is 0 Å². The van der Waals surface area contributed by atoms with E-state index in [0.717, 1.165) is 19.4 Å². The van der Waals surface area contributed by atoms with Gasteiger partial charge in [-0.3, -0.25) is 4.68 Å². The average Bonchev–Trinajstić information content (AvgIpc) is 2.79. The van der Waals surface area contributed by atoms with Crippen LogP contribution in [0.25, 0.3) is 0 Å². The maximum absolute atomic E-state index is 5.95. The fourth-order valence-corrected chi connectivity index (χ4v) is 2.01. The fraction of sp³-hybridized carbons (Fsp3) is 0.400. The summed E-state index contributed by atoms with van der Waals surface area (Å²) in [4.78, 5) is 0. The number of hydrogen-bond acceptors (Lipinski definition) is 2. The monoisotopic (exact) mass is 243 g/mol. The largest absolute Gasteiger partial charge is 0.327 e. The molecule has 0 spiro atoms. The lowest BCUT2D eigenvalue weighted by atomic mass is 10.1. The minimum absolute atomic E-state index is 0.237. The highest BCUT2D eigenvalue weighted by molar-refractivity contribution is 5.25. The molecule has 2 rings (SSSR count). The average molecular weight is 243 g/mol. The Labute approximate surface area is 109 Å². The van der Waals surface area contributed by atoms with Gasteiger partial charge in [0, 0.05) is 12.2 Å². The fourth-order valence-electron chi connectivity index (χ4n) is 2.01. The van der Waals surface area contributed by atoms with Crippen molar-refractivity contribution in [2.45, 2.75) is 39.3 Å². The standard InChI is InChI=1S/C15H21N3/c1-3-15(16)8-13-9-17-18(10-13)11-14-7-5-4-6-12(14)2/h4-7,9-10,15H,3,8,11,16H2,1-2H3. The van der Waals surface area contributed by atoms with Crippen LogP contribution in [0.2, 0.25) is 0 Å². The van der Waals surface area contributed by atoms with E-state index < -0.39 is 0 Å². The van der Waals surface area contributed by atoms with Crippen LogP contribution in [0.3, 0.4) is 0 Å². The van der Waals surface area contributed by atoms with Gasteiger partial charge >= 0.3 is 0 Å². The van der Waals surface area contributed by atoms with Crippen molar-refractivity contribution in [3.05, 3.63) is 53.3 Å². The lowest BCUT2D eigenvalue weighted by Gasteiger charge is -2.06. The number of aryl methyl sites for hydroxylation is 1. The molecular weight excluding hydrogens is 222 g/mol. The molecule has 0 aliphatic carbocycles. The number of aromatic nitrogens is 2. The van der Waals surface area contributed by atoms with Crippen LogP contribution in [0.4, 0.5) is 0 Å². The number of rotatable bonds is 5. The first-order valence-electron chi connectivity index (χ1n) is 6.50. The molecule has 96 valence electrons. The zero-order chi connectivity index (χ0) is 13.0. The summed E-state index contributed by atoms with van der Waals surface area (Å²) in [6.45, 7) is 5.07. The Kier molecular flexibility index (Phi) is 4.15. The van der Waals surface area contributed by atoms with Gasteiger partial charge in [0.2, 0.25) is 0 Å². The molecule has 0 aliphatic rings. The van der Waals surface area contributed by atoms with E-state index in [4.69, 9.17) is 5.73 Å². The van der Waals surface area contributed by atoms with Gasteiger partial charge < -0.3 is 5.73 Å². The van der Waals surface area contributed by atoms with Crippen molar-refractivity contribution in [1.29, 1.82) is 0 Å². The van der Waals surface area contributed by atoms with Gasteiger partial charge in [-0.05, 0) is 36.5 Å². The van der Waals surface area contributed by atoms with Gasteiger partial charge in [0.1, 0.15) is 0 Å². The first-order valence-corrected chi connectivity index (χ1v) is 6.50. The summed E-state index contributed by atoms with van der Waals surface area (Å²) in [6, 6.07) is 8.65. The third kappa shape index (κ3) is 3.20. The molecule has 3 heteroatoms. The first kappa shape index (κ1) is 12.8. The maximum atomic E-state index is 5.95. The lowest BCUT2D eigenvalue weighted by Crippen LogP contribution is -2.21. The molecular formula is C15H21N3. The minimum atomic E-state index is 0.237. The predicted octanol–water partition coefficient (Wildman–Crippen LogP) is 2.52. The maximum Gasteiger partial charge on any atom is 0.0662 e. The van der Waals surface area contributed by atoms with Crippen molar-refractivity contribution in [2.24, 2.45) is 5.73 Å². The van der Waals surface area contributed by atoms with Gasteiger partial charge in [-0.2, -0.15) is 5.10 Å². The van der Waals surface area contributed by atoms with Crippen LogP contribution in [-0.4, -0.2) is 15.8 Å².